The molecule has 0 radical (unpaired) electrons. The molecule has 230 valence electrons. The van der Waals surface area contributed by atoms with Gasteiger partial charge in [-0.25, -0.2) is 4.79 Å². The molecule has 3 aromatic rings. The van der Waals surface area contributed by atoms with Gasteiger partial charge < -0.3 is 26.0 Å². The number of ether oxygens (including phenoxy) is 1. The molecular formula is C34H44N4O5. The first-order valence-electron chi connectivity index (χ1n) is 14.4. The fraction of sp³-hybridized carbons (Fsp3) is 0.412. The summed E-state index contributed by atoms with van der Waals surface area (Å²) in [6.45, 7) is 14.5. The lowest BCUT2D eigenvalue weighted by molar-refractivity contribution is -0.147. The van der Waals surface area contributed by atoms with E-state index in [4.69, 9.17) is 10.5 Å². The average Bonchev–Trinajstić information content (AvgIpc) is 2.87. The number of benzene rings is 3. The Labute approximate surface area is 254 Å². The first-order valence-corrected chi connectivity index (χ1v) is 14.4. The average molecular weight is 589 g/mol. The number of aryl methyl sites for hydroxylation is 2. The summed E-state index contributed by atoms with van der Waals surface area (Å²) in [5.74, 6) is -1.58. The van der Waals surface area contributed by atoms with Crippen molar-refractivity contribution >= 4 is 40.3 Å². The van der Waals surface area contributed by atoms with Gasteiger partial charge in [-0.2, -0.15) is 0 Å². The Morgan fingerprint density at radius 1 is 0.884 bits per heavy atom. The minimum Gasteiger partial charge on any atom is -0.444 e. The van der Waals surface area contributed by atoms with Crippen LogP contribution in [0.3, 0.4) is 0 Å². The number of anilines is 1. The molecule has 2 atom stereocenters. The predicted octanol–water partition coefficient (Wildman–Crippen LogP) is 5.92. The summed E-state index contributed by atoms with van der Waals surface area (Å²) >= 11 is 0. The van der Waals surface area contributed by atoms with Gasteiger partial charge in [-0.15, -0.1) is 0 Å². The molecule has 0 fully saturated rings. The lowest BCUT2D eigenvalue weighted by atomic mass is 9.91. The van der Waals surface area contributed by atoms with Gasteiger partial charge in [0.2, 0.25) is 11.8 Å². The quantitative estimate of drug-likeness (QED) is 0.286. The molecule has 0 saturated heterocycles. The van der Waals surface area contributed by atoms with Crippen LogP contribution in [0.25, 0.3) is 10.8 Å². The summed E-state index contributed by atoms with van der Waals surface area (Å²) in [5, 5.41) is 7.64. The fourth-order valence-corrected chi connectivity index (χ4v) is 5.01. The molecule has 0 aliphatic carbocycles. The molecule has 43 heavy (non-hydrogen) atoms. The molecule has 9 nitrogen and oxygen atoms in total. The second-order valence-electron chi connectivity index (χ2n) is 12.9. The number of nitrogens with two attached hydrogens (primary N) is 1. The Bertz CT molecular complexity index is 1500. The number of hydrogen-bond acceptors (Lipinski definition) is 5. The number of carbonyl (C=O) groups excluding carboxylic acids is 4. The first-order chi connectivity index (χ1) is 20.0. The Morgan fingerprint density at radius 2 is 1.53 bits per heavy atom. The maximum atomic E-state index is 14.5. The molecule has 3 aromatic carbocycles. The maximum Gasteiger partial charge on any atom is 0.408 e. The van der Waals surface area contributed by atoms with Crippen molar-refractivity contribution in [2.75, 3.05) is 5.32 Å². The van der Waals surface area contributed by atoms with Gasteiger partial charge in [-0.05, 0) is 95.8 Å². The van der Waals surface area contributed by atoms with Gasteiger partial charge in [0.1, 0.15) is 17.7 Å². The van der Waals surface area contributed by atoms with Gasteiger partial charge in [-0.3, -0.25) is 14.4 Å². The van der Waals surface area contributed by atoms with E-state index in [0.717, 1.165) is 21.9 Å². The Morgan fingerprint density at radius 3 is 2.12 bits per heavy atom. The standard InChI is InChI=1S/C34H44N4O5/c1-21-13-16-26(22(2)19-21)29(30(40)36-25-15-14-23-11-9-10-12-24(23)20-25)38(33(3,4)5)31(41)27(17-18-28(35)39)37-32(42)43-34(6,7)8/h9-16,19-20,27,29H,17-18H2,1-8H3,(H2,35,39)(H,36,40)(H,37,42). The van der Waals surface area contributed by atoms with Gasteiger partial charge in [0, 0.05) is 17.6 Å². The van der Waals surface area contributed by atoms with Crippen molar-refractivity contribution in [3.8, 4) is 0 Å². The van der Waals surface area contributed by atoms with E-state index >= 15 is 0 Å². The van der Waals surface area contributed by atoms with Gasteiger partial charge in [0.25, 0.3) is 5.91 Å². The van der Waals surface area contributed by atoms with Gasteiger partial charge in [-0.1, -0.05) is 54.1 Å². The third-order valence-corrected chi connectivity index (χ3v) is 6.87. The van der Waals surface area contributed by atoms with Crippen LogP contribution in [0, 0.1) is 13.8 Å². The second kappa shape index (κ2) is 13.3. The zero-order valence-corrected chi connectivity index (χ0v) is 26.4. The number of carbonyl (C=O) groups is 4. The zero-order valence-electron chi connectivity index (χ0n) is 26.4. The minimum atomic E-state index is -1.18. The molecule has 0 aromatic heterocycles. The van der Waals surface area contributed by atoms with E-state index in [-0.39, 0.29) is 12.8 Å². The molecule has 0 aliphatic heterocycles. The Hall–Kier alpha value is -4.40. The molecule has 0 spiro atoms. The molecule has 0 aliphatic rings. The molecule has 4 N–H and O–H groups in total. The highest BCUT2D eigenvalue weighted by atomic mass is 16.6. The van der Waals surface area contributed by atoms with E-state index in [0.29, 0.717) is 11.3 Å². The van der Waals surface area contributed by atoms with Crippen LogP contribution in [-0.4, -0.2) is 45.9 Å². The molecule has 9 heteroatoms. The summed E-state index contributed by atoms with van der Waals surface area (Å²) < 4.78 is 5.41. The van der Waals surface area contributed by atoms with Crippen molar-refractivity contribution in [1.82, 2.24) is 10.2 Å². The molecule has 4 amide bonds. The monoisotopic (exact) mass is 588 g/mol. The van der Waals surface area contributed by atoms with Crippen LogP contribution in [0.15, 0.2) is 60.7 Å². The first kappa shape index (κ1) is 33.1. The second-order valence-corrected chi connectivity index (χ2v) is 12.9. The van der Waals surface area contributed by atoms with Gasteiger partial charge >= 0.3 is 6.09 Å². The predicted molar refractivity (Wildman–Crippen MR) is 169 cm³/mol. The van der Waals surface area contributed by atoms with Crippen LogP contribution in [0.5, 0.6) is 0 Å². The summed E-state index contributed by atoms with van der Waals surface area (Å²) in [6.07, 6.45) is -1.03. The van der Waals surface area contributed by atoms with E-state index in [1.54, 1.807) is 20.8 Å². The smallest absolute Gasteiger partial charge is 0.408 e. The van der Waals surface area contributed by atoms with Gasteiger partial charge in [0.05, 0.1) is 0 Å². The van der Waals surface area contributed by atoms with E-state index in [1.165, 1.54) is 4.90 Å². The van der Waals surface area contributed by atoms with E-state index < -0.39 is 47.0 Å². The van der Waals surface area contributed by atoms with Gasteiger partial charge in [0.15, 0.2) is 0 Å². The molecule has 3 rings (SSSR count). The number of hydrogen-bond donors (Lipinski definition) is 3. The van der Waals surface area contributed by atoms with E-state index in [9.17, 15) is 19.2 Å². The normalized spacial score (nSPS) is 13.1. The van der Waals surface area contributed by atoms with Crippen molar-refractivity contribution in [3.63, 3.8) is 0 Å². The highest BCUT2D eigenvalue weighted by Gasteiger charge is 2.42. The Balaban J connectivity index is 2.11. The number of rotatable bonds is 9. The van der Waals surface area contributed by atoms with Crippen molar-refractivity contribution in [2.45, 2.75) is 91.5 Å². The summed E-state index contributed by atoms with van der Waals surface area (Å²) in [4.78, 5) is 54.8. The maximum absolute atomic E-state index is 14.5. The van der Waals surface area contributed by atoms with Crippen molar-refractivity contribution < 1.29 is 23.9 Å². The summed E-state index contributed by atoms with van der Waals surface area (Å²) in [6, 6.07) is 16.9. The molecule has 0 saturated carbocycles. The third-order valence-electron chi connectivity index (χ3n) is 6.87. The largest absolute Gasteiger partial charge is 0.444 e. The number of nitrogens with zero attached hydrogens (tertiary/aromatic N) is 1. The van der Waals surface area contributed by atoms with Crippen LogP contribution in [0.2, 0.25) is 0 Å². The number of primary amides is 1. The van der Waals surface area contributed by atoms with Crippen LogP contribution in [0.4, 0.5) is 10.5 Å². The van der Waals surface area contributed by atoms with E-state index in [2.05, 4.69) is 10.6 Å². The molecule has 0 bridgehead atoms. The summed E-state index contributed by atoms with van der Waals surface area (Å²) in [7, 11) is 0. The van der Waals surface area contributed by atoms with E-state index in [1.807, 2.05) is 95.3 Å². The van der Waals surface area contributed by atoms with Crippen molar-refractivity contribution in [3.05, 3.63) is 77.4 Å². The highest BCUT2D eigenvalue weighted by molar-refractivity contribution is 6.01. The fourth-order valence-electron chi connectivity index (χ4n) is 5.01. The lowest BCUT2D eigenvalue weighted by Gasteiger charge is -2.43. The SMILES string of the molecule is Cc1ccc(C(C(=O)Nc2ccc3ccccc3c2)N(C(=O)C(CCC(N)=O)NC(=O)OC(C)(C)C)C(C)(C)C)c(C)c1. The number of fused-ring (bicyclic) bond motifs is 1. The Kier molecular flexibility index (Phi) is 10.2. The lowest BCUT2D eigenvalue weighted by Crippen LogP contribution is -2.58. The third kappa shape index (κ3) is 9.04. The zero-order chi connectivity index (χ0) is 32.1. The van der Waals surface area contributed by atoms with Crippen molar-refractivity contribution in [2.24, 2.45) is 5.73 Å². The number of alkyl carbamates (subject to hydrolysis) is 1. The van der Waals surface area contributed by atoms with Crippen LogP contribution < -0.4 is 16.4 Å². The summed E-state index contributed by atoms with van der Waals surface area (Å²) in [5.41, 5.74) is 6.77. The van der Waals surface area contributed by atoms with Crippen LogP contribution >= 0.6 is 0 Å². The molecule has 2 unspecified atom stereocenters. The molecular weight excluding hydrogens is 544 g/mol. The van der Waals surface area contributed by atoms with Crippen LogP contribution in [0.1, 0.15) is 77.1 Å². The minimum absolute atomic E-state index is 0.0636. The highest BCUT2D eigenvalue weighted by Crippen LogP contribution is 2.34. The molecule has 0 heterocycles. The van der Waals surface area contributed by atoms with Crippen molar-refractivity contribution in [1.29, 1.82) is 0 Å². The van der Waals surface area contributed by atoms with Crippen LogP contribution in [-0.2, 0) is 19.1 Å². The topological polar surface area (TPSA) is 131 Å². The number of nitrogens with one attached hydrogen (secondary N) is 2. The number of amides is 4.